The van der Waals surface area contributed by atoms with Crippen LogP contribution in [0, 0.1) is 22.9 Å². The molecule has 0 spiro atoms. The third-order valence-corrected chi connectivity index (χ3v) is 2.64. The highest BCUT2D eigenvalue weighted by molar-refractivity contribution is 5.91. The summed E-state index contributed by atoms with van der Waals surface area (Å²) in [5, 5.41) is 19.6. The summed E-state index contributed by atoms with van der Waals surface area (Å²) in [6.45, 7) is 1.56. The highest BCUT2D eigenvalue weighted by Crippen LogP contribution is 2.27. The van der Waals surface area contributed by atoms with Gasteiger partial charge in [-0.1, -0.05) is 6.07 Å². The molecule has 1 N–H and O–H groups in total. The summed E-state index contributed by atoms with van der Waals surface area (Å²) >= 11 is 0. The van der Waals surface area contributed by atoms with Crippen LogP contribution in [0.15, 0.2) is 30.5 Å². The van der Waals surface area contributed by atoms with E-state index in [0.29, 0.717) is 5.56 Å². The summed E-state index contributed by atoms with van der Waals surface area (Å²) in [7, 11) is 0. The maximum Gasteiger partial charge on any atom is 0.341 e. The number of carbonyl (C=O) groups is 1. The maximum atomic E-state index is 13.4. The molecule has 0 radical (unpaired) electrons. The molecule has 21 heavy (non-hydrogen) atoms. The van der Waals surface area contributed by atoms with Gasteiger partial charge in [-0.15, -0.1) is 0 Å². The van der Waals surface area contributed by atoms with E-state index in [2.05, 4.69) is 4.98 Å². The van der Waals surface area contributed by atoms with Crippen molar-refractivity contribution < 1.29 is 24.0 Å². The number of rotatable bonds is 4. The number of halogens is 1. The summed E-state index contributed by atoms with van der Waals surface area (Å²) < 4.78 is 18.6. The molecule has 0 saturated heterocycles. The SMILES string of the molecule is Cc1ccc(Oc2ncc([N+](=O)[O-])cc2C(=O)O)cc1F. The van der Waals surface area contributed by atoms with E-state index < -0.39 is 28.0 Å². The van der Waals surface area contributed by atoms with Crippen molar-refractivity contribution in [3.8, 4) is 11.6 Å². The largest absolute Gasteiger partial charge is 0.477 e. The van der Waals surface area contributed by atoms with E-state index >= 15 is 0 Å². The van der Waals surface area contributed by atoms with E-state index in [4.69, 9.17) is 9.84 Å². The van der Waals surface area contributed by atoms with Crippen molar-refractivity contribution in [3.05, 3.63) is 57.5 Å². The van der Waals surface area contributed by atoms with Gasteiger partial charge in [-0.05, 0) is 18.6 Å². The van der Waals surface area contributed by atoms with E-state index in [-0.39, 0.29) is 11.6 Å². The van der Waals surface area contributed by atoms with E-state index in [9.17, 15) is 19.3 Å². The van der Waals surface area contributed by atoms with Crippen molar-refractivity contribution in [1.29, 1.82) is 0 Å². The Morgan fingerprint density at radius 3 is 2.71 bits per heavy atom. The zero-order valence-electron chi connectivity index (χ0n) is 10.7. The molecule has 0 aliphatic carbocycles. The standard InChI is InChI=1S/C13H9FN2O5/c1-7-2-3-9(5-11(7)14)21-12-10(13(17)18)4-8(6-15-12)16(19)20/h2-6H,1H3,(H,17,18). The lowest BCUT2D eigenvalue weighted by molar-refractivity contribution is -0.385. The molecule has 0 aliphatic heterocycles. The van der Waals surface area contributed by atoms with Gasteiger partial charge < -0.3 is 9.84 Å². The first-order chi connectivity index (χ1) is 9.88. The molecule has 2 rings (SSSR count). The minimum atomic E-state index is -1.44. The number of carboxylic acids is 1. The summed E-state index contributed by atoms with van der Waals surface area (Å²) in [5.41, 5.74) is -0.558. The van der Waals surface area contributed by atoms with Crippen LogP contribution < -0.4 is 4.74 Å². The van der Waals surface area contributed by atoms with Gasteiger partial charge in [0, 0.05) is 12.1 Å². The number of carboxylic acid groups (broad SMARTS) is 1. The molecule has 0 bridgehead atoms. The fraction of sp³-hybridized carbons (Fsp3) is 0.0769. The first kappa shape index (κ1) is 14.4. The lowest BCUT2D eigenvalue weighted by Crippen LogP contribution is -2.04. The fourth-order valence-electron chi connectivity index (χ4n) is 1.52. The van der Waals surface area contributed by atoms with Gasteiger partial charge in [0.25, 0.3) is 5.69 Å². The number of nitrogens with zero attached hydrogens (tertiary/aromatic N) is 2. The molecule has 1 heterocycles. The molecule has 1 aromatic heterocycles. The molecule has 0 saturated carbocycles. The van der Waals surface area contributed by atoms with Gasteiger partial charge >= 0.3 is 5.97 Å². The first-order valence-corrected chi connectivity index (χ1v) is 5.70. The van der Waals surface area contributed by atoms with Gasteiger partial charge in [-0.25, -0.2) is 14.2 Å². The zero-order chi connectivity index (χ0) is 15.6. The molecule has 2 aromatic rings. The number of aromatic carboxylic acids is 1. The molecule has 7 nitrogen and oxygen atoms in total. The van der Waals surface area contributed by atoms with Crippen LogP contribution in [0.25, 0.3) is 0 Å². The Kier molecular flexibility index (Phi) is 3.79. The number of ether oxygens (including phenoxy) is 1. The predicted molar refractivity (Wildman–Crippen MR) is 69.1 cm³/mol. The van der Waals surface area contributed by atoms with Crippen LogP contribution >= 0.6 is 0 Å². The van der Waals surface area contributed by atoms with Crippen molar-refractivity contribution in [3.63, 3.8) is 0 Å². The number of aromatic nitrogens is 1. The third-order valence-electron chi connectivity index (χ3n) is 2.64. The van der Waals surface area contributed by atoms with Crippen LogP contribution in [-0.2, 0) is 0 Å². The molecule has 8 heteroatoms. The Morgan fingerprint density at radius 1 is 1.43 bits per heavy atom. The third kappa shape index (κ3) is 3.11. The lowest BCUT2D eigenvalue weighted by atomic mass is 10.2. The molecule has 0 amide bonds. The van der Waals surface area contributed by atoms with Crippen molar-refractivity contribution in [1.82, 2.24) is 4.98 Å². The number of pyridine rings is 1. The topological polar surface area (TPSA) is 103 Å². The first-order valence-electron chi connectivity index (χ1n) is 5.70. The Bertz CT molecular complexity index is 732. The maximum absolute atomic E-state index is 13.4. The van der Waals surface area contributed by atoms with Crippen molar-refractivity contribution in [2.45, 2.75) is 6.92 Å². The van der Waals surface area contributed by atoms with Gasteiger partial charge in [0.2, 0.25) is 5.88 Å². The van der Waals surface area contributed by atoms with Gasteiger partial charge in [0.15, 0.2) is 0 Å². The van der Waals surface area contributed by atoms with Crippen LogP contribution in [0.2, 0.25) is 0 Å². The second-order valence-corrected chi connectivity index (χ2v) is 4.12. The highest BCUT2D eigenvalue weighted by atomic mass is 19.1. The van der Waals surface area contributed by atoms with Crippen LogP contribution in [0.5, 0.6) is 11.6 Å². The smallest absolute Gasteiger partial charge is 0.341 e. The normalized spacial score (nSPS) is 10.2. The minimum Gasteiger partial charge on any atom is -0.477 e. The molecule has 0 unspecified atom stereocenters. The molecular formula is C13H9FN2O5. The molecule has 0 fully saturated rings. The Hall–Kier alpha value is -3.03. The predicted octanol–water partition coefficient (Wildman–Crippen LogP) is 2.93. The molecule has 108 valence electrons. The van der Waals surface area contributed by atoms with Crippen LogP contribution in [0.3, 0.4) is 0 Å². The molecular weight excluding hydrogens is 283 g/mol. The summed E-state index contributed by atoms with van der Waals surface area (Å²) in [6.07, 6.45) is 0.867. The number of benzene rings is 1. The Morgan fingerprint density at radius 2 is 2.14 bits per heavy atom. The van der Waals surface area contributed by atoms with Crippen molar-refractivity contribution in [2.24, 2.45) is 0 Å². The average molecular weight is 292 g/mol. The second kappa shape index (κ2) is 5.53. The van der Waals surface area contributed by atoms with Crippen molar-refractivity contribution in [2.75, 3.05) is 0 Å². The average Bonchev–Trinajstić information content (AvgIpc) is 2.43. The Balaban J connectivity index is 2.41. The van der Waals surface area contributed by atoms with Gasteiger partial charge in [0.05, 0.1) is 4.92 Å². The second-order valence-electron chi connectivity index (χ2n) is 4.12. The number of aryl methyl sites for hydroxylation is 1. The van der Waals surface area contributed by atoms with Crippen molar-refractivity contribution >= 4 is 11.7 Å². The van der Waals surface area contributed by atoms with Crippen LogP contribution in [0.1, 0.15) is 15.9 Å². The monoisotopic (exact) mass is 292 g/mol. The van der Waals surface area contributed by atoms with Crippen LogP contribution in [0.4, 0.5) is 10.1 Å². The molecule has 1 aromatic carbocycles. The van der Waals surface area contributed by atoms with Gasteiger partial charge in [-0.2, -0.15) is 0 Å². The summed E-state index contributed by atoms with van der Waals surface area (Å²) in [6, 6.07) is 4.79. The quantitative estimate of drug-likeness (QED) is 0.686. The summed E-state index contributed by atoms with van der Waals surface area (Å²) in [5.74, 6) is -2.27. The fourth-order valence-corrected chi connectivity index (χ4v) is 1.52. The number of hydrogen-bond acceptors (Lipinski definition) is 5. The summed E-state index contributed by atoms with van der Waals surface area (Å²) in [4.78, 5) is 24.5. The minimum absolute atomic E-state index is 0.0435. The number of hydrogen-bond donors (Lipinski definition) is 1. The highest BCUT2D eigenvalue weighted by Gasteiger charge is 2.19. The molecule has 0 aliphatic rings. The number of nitro groups is 1. The van der Waals surface area contributed by atoms with Crippen LogP contribution in [-0.4, -0.2) is 21.0 Å². The van der Waals surface area contributed by atoms with E-state index in [0.717, 1.165) is 18.3 Å². The van der Waals surface area contributed by atoms with Gasteiger partial charge in [-0.3, -0.25) is 10.1 Å². The van der Waals surface area contributed by atoms with Gasteiger partial charge in [0.1, 0.15) is 23.3 Å². The van der Waals surface area contributed by atoms with E-state index in [1.165, 1.54) is 12.1 Å². The Labute approximate surface area is 117 Å². The molecule has 0 atom stereocenters. The van der Waals surface area contributed by atoms with E-state index in [1.807, 2.05) is 0 Å². The van der Waals surface area contributed by atoms with E-state index in [1.54, 1.807) is 6.92 Å². The zero-order valence-corrected chi connectivity index (χ0v) is 10.7. The lowest BCUT2D eigenvalue weighted by Gasteiger charge is -2.08.